The van der Waals surface area contributed by atoms with Crippen molar-refractivity contribution < 1.29 is 13.2 Å². The van der Waals surface area contributed by atoms with Crippen LogP contribution in [0.5, 0.6) is 0 Å². The van der Waals surface area contributed by atoms with Gasteiger partial charge in [0.05, 0.1) is 10.9 Å². The molecule has 0 radical (unpaired) electrons. The quantitative estimate of drug-likeness (QED) is 0.726. The van der Waals surface area contributed by atoms with E-state index in [1.54, 1.807) is 19.9 Å². The van der Waals surface area contributed by atoms with Crippen LogP contribution in [0, 0.1) is 6.92 Å². The lowest BCUT2D eigenvalue weighted by Gasteiger charge is -2.25. The van der Waals surface area contributed by atoms with Crippen LogP contribution < -0.4 is 10.0 Å². The Morgan fingerprint density at radius 1 is 1.11 bits per heavy atom. The van der Waals surface area contributed by atoms with Gasteiger partial charge in [-0.1, -0.05) is 43.3 Å². The monoisotopic (exact) mass is 389 g/mol. The molecule has 2 N–H and O–H groups in total. The summed E-state index contributed by atoms with van der Waals surface area (Å²) in [6.45, 7) is 4.21. The van der Waals surface area contributed by atoms with Crippen molar-refractivity contribution in [1.29, 1.82) is 0 Å². The van der Waals surface area contributed by atoms with Gasteiger partial charge in [-0.2, -0.15) is 0 Å². The minimum Gasteiger partial charge on any atom is -0.350 e. The Bertz CT molecular complexity index is 881. The maximum atomic E-state index is 12.7. The fourth-order valence-corrected chi connectivity index (χ4v) is 3.91. The Labute approximate surface area is 161 Å². The Hall–Kier alpha value is -2.22. The molecule has 0 spiro atoms. The van der Waals surface area contributed by atoms with E-state index in [4.69, 9.17) is 0 Å². The summed E-state index contributed by atoms with van der Waals surface area (Å²) in [4.78, 5) is 14.8. The summed E-state index contributed by atoms with van der Waals surface area (Å²) in [6.07, 6.45) is 0. The highest BCUT2D eigenvalue weighted by Gasteiger charge is 2.19. The molecule has 0 aliphatic carbocycles. The standard InChI is InChI=1S/C20H27N3O3S/c1-5-22-27(25,26)17-12-11-15(2)18(13-17)20(24)21-14-19(23(3)4)16-9-7-6-8-10-16/h6-13,19,22H,5,14H2,1-4H3,(H,21,24). The van der Waals surface area contributed by atoms with Gasteiger partial charge in [-0.15, -0.1) is 0 Å². The fourth-order valence-electron chi connectivity index (χ4n) is 2.84. The minimum atomic E-state index is -3.61. The molecule has 7 heteroatoms. The molecule has 2 rings (SSSR count). The summed E-state index contributed by atoms with van der Waals surface area (Å²) in [5, 5.41) is 2.93. The number of benzene rings is 2. The fraction of sp³-hybridized carbons (Fsp3) is 0.350. The zero-order valence-corrected chi connectivity index (χ0v) is 17.0. The molecule has 0 fully saturated rings. The molecule has 1 atom stereocenters. The number of hydrogen-bond acceptors (Lipinski definition) is 4. The Kier molecular flexibility index (Phi) is 7.12. The van der Waals surface area contributed by atoms with Gasteiger partial charge in [0.25, 0.3) is 5.91 Å². The molecular formula is C20H27N3O3S. The van der Waals surface area contributed by atoms with Gasteiger partial charge in [0.1, 0.15) is 0 Å². The van der Waals surface area contributed by atoms with Crippen molar-refractivity contribution in [3.05, 3.63) is 65.2 Å². The van der Waals surface area contributed by atoms with Crippen molar-refractivity contribution in [1.82, 2.24) is 14.9 Å². The predicted octanol–water partition coefficient (Wildman–Crippen LogP) is 2.33. The average Bonchev–Trinajstić information content (AvgIpc) is 2.62. The first-order valence-corrected chi connectivity index (χ1v) is 10.3. The van der Waals surface area contributed by atoms with Crippen LogP contribution in [0.1, 0.15) is 34.5 Å². The van der Waals surface area contributed by atoms with Crippen LogP contribution >= 0.6 is 0 Å². The molecule has 1 amide bonds. The molecule has 1 unspecified atom stereocenters. The van der Waals surface area contributed by atoms with Crippen LogP contribution in [-0.2, 0) is 10.0 Å². The van der Waals surface area contributed by atoms with Crippen molar-refractivity contribution in [3.8, 4) is 0 Å². The van der Waals surface area contributed by atoms with Crippen molar-refractivity contribution in [2.75, 3.05) is 27.2 Å². The number of aryl methyl sites for hydroxylation is 1. The number of carbonyl (C=O) groups is 1. The molecule has 6 nitrogen and oxygen atoms in total. The number of nitrogens with zero attached hydrogens (tertiary/aromatic N) is 1. The lowest BCUT2D eigenvalue weighted by Crippen LogP contribution is -2.35. The van der Waals surface area contributed by atoms with Crippen LogP contribution in [0.4, 0.5) is 0 Å². The molecule has 146 valence electrons. The molecule has 0 saturated carbocycles. The normalized spacial score (nSPS) is 12.8. The number of likely N-dealkylation sites (N-methyl/N-ethyl adjacent to an activating group) is 1. The summed E-state index contributed by atoms with van der Waals surface area (Å²) in [5.74, 6) is -0.288. The van der Waals surface area contributed by atoms with Crippen LogP contribution in [-0.4, -0.2) is 46.4 Å². The third-order valence-corrected chi connectivity index (χ3v) is 5.91. The van der Waals surface area contributed by atoms with Gasteiger partial charge in [0, 0.05) is 18.7 Å². The second-order valence-corrected chi connectivity index (χ2v) is 8.35. The first kappa shape index (κ1) is 21.1. The number of amides is 1. The van der Waals surface area contributed by atoms with Crippen molar-refractivity contribution in [2.45, 2.75) is 24.8 Å². The second kappa shape index (κ2) is 9.12. The molecule has 0 saturated heterocycles. The van der Waals surface area contributed by atoms with E-state index in [9.17, 15) is 13.2 Å². The summed E-state index contributed by atoms with van der Waals surface area (Å²) < 4.78 is 26.9. The van der Waals surface area contributed by atoms with E-state index in [0.29, 0.717) is 18.7 Å². The van der Waals surface area contributed by atoms with E-state index >= 15 is 0 Å². The van der Waals surface area contributed by atoms with Crippen LogP contribution in [0.2, 0.25) is 0 Å². The molecule has 0 aromatic heterocycles. The third-order valence-electron chi connectivity index (χ3n) is 4.36. The summed E-state index contributed by atoms with van der Waals surface area (Å²) in [7, 11) is 0.305. The lowest BCUT2D eigenvalue weighted by molar-refractivity contribution is 0.0941. The van der Waals surface area contributed by atoms with E-state index in [1.165, 1.54) is 12.1 Å². The van der Waals surface area contributed by atoms with Crippen molar-refractivity contribution in [2.24, 2.45) is 0 Å². The van der Waals surface area contributed by atoms with Crippen LogP contribution in [0.15, 0.2) is 53.4 Å². The first-order chi connectivity index (χ1) is 12.8. The van der Waals surface area contributed by atoms with Gasteiger partial charge in [-0.25, -0.2) is 13.1 Å². The zero-order valence-electron chi connectivity index (χ0n) is 16.2. The van der Waals surface area contributed by atoms with Gasteiger partial charge >= 0.3 is 0 Å². The van der Waals surface area contributed by atoms with E-state index < -0.39 is 10.0 Å². The smallest absolute Gasteiger partial charge is 0.251 e. The highest BCUT2D eigenvalue weighted by atomic mass is 32.2. The number of nitrogens with one attached hydrogen (secondary N) is 2. The predicted molar refractivity (Wildman–Crippen MR) is 107 cm³/mol. The number of sulfonamides is 1. The maximum absolute atomic E-state index is 12.7. The van der Waals surface area contributed by atoms with Crippen molar-refractivity contribution >= 4 is 15.9 Å². The van der Waals surface area contributed by atoms with E-state index in [1.807, 2.05) is 49.3 Å². The molecule has 2 aromatic carbocycles. The molecule has 0 aliphatic heterocycles. The topological polar surface area (TPSA) is 78.5 Å². The molecule has 0 heterocycles. The van der Waals surface area contributed by atoms with Gasteiger partial charge in [0.2, 0.25) is 10.0 Å². The summed E-state index contributed by atoms with van der Waals surface area (Å²) in [6, 6.07) is 14.5. The van der Waals surface area contributed by atoms with E-state index in [2.05, 4.69) is 10.0 Å². The molecule has 2 aromatic rings. The maximum Gasteiger partial charge on any atom is 0.251 e. The number of rotatable bonds is 8. The highest BCUT2D eigenvalue weighted by Crippen LogP contribution is 2.18. The van der Waals surface area contributed by atoms with Gasteiger partial charge in [0.15, 0.2) is 0 Å². The SMILES string of the molecule is CCNS(=O)(=O)c1ccc(C)c(C(=O)NCC(c2ccccc2)N(C)C)c1. The first-order valence-electron chi connectivity index (χ1n) is 8.86. The molecule has 27 heavy (non-hydrogen) atoms. The largest absolute Gasteiger partial charge is 0.350 e. The number of carbonyl (C=O) groups excluding carboxylic acids is 1. The Morgan fingerprint density at radius 3 is 2.37 bits per heavy atom. The van der Waals surface area contributed by atoms with Gasteiger partial charge < -0.3 is 10.2 Å². The molecule has 0 bridgehead atoms. The third kappa shape index (κ3) is 5.38. The van der Waals surface area contributed by atoms with E-state index in [0.717, 1.165) is 11.1 Å². The van der Waals surface area contributed by atoms with E-state index in [-0.39, 0.29) is 16.8 Å². The second-order valence-electron chi connectivity index (χ2n) is 6.58. The van der Waals surface area contributed by atoms with Gasteiger partial charge in [-0.05, 0) is 44.3 Å². The Morgan fingerprint density at radius 2 is 1.78 bits per heavy atom. The van der Waals surface area contributed by atoms with Gasteiger partial charge in [-0.3, -0.25) is 4.79 Å². The highest BCUT2D eigenvalue weighted by molar-refractivity contribution is 7.89. The zero-order chi connectivity index (χ0) is 20.0. The number of hydrogen-bond donors (Lipinski definition) is 2. The lowest BCUT2D eigenvalue weighted by atomic mass is 10.1. The van der Waals surface area contributed by atoms with Crippen LogP contribution in [0.3, 0.4) is 0 Å². The molecular weight excluding hydrogens is 362 g/mol. The minimum absolute atomic E-state index is 0.0177. The summed E-state index contributed by atoms with van der Waals surface area (Å²) in [5.41, 5.74) is 2.19. The Balaban J connectivity index is 2.20. The summed E-state index contributed by atoms with van der Waals surface area (Å²) >= 11 is 0. The van der Waals surface area contributed by atoms with Crippen LogP contribution in [0.25, 0.3) is 0 Å². The van der Waals surface area contributed by atoms with Crippen molar-refractivity contribution in [3.63, 3.8) is 0 Å². The average molecular weight is 390 g/mol. The molecule has 0 aliphatic rings.